The molecule has 0 aliphatic rings. The molecule has 3 rings (SSSR count). The second kappa shape index (κ2) is 6.22. The van der Waals surface area contributed by atoms with E-state index in [4.69, 9.17) is 5.11 Å². The van der Waals surface area contributed by atoms with Gasteiger partial charge in [0, 0.05) is 16.6 Å². The Kier molecular flexibility index (Phi) is 4.12. The van der Waals surface area contributed by atoms with Gasteiger partial charge in [-0.05, 0) is 25.3 Å². The number of nitrogens with one attached hydrogen (secondary N) is 1. The second-order valence-electron chi connectivity index (χ2n) is 5.54. The van der Waals surface area contributed by atoms with Crippen LogP contribution in [0.4, 0.5) is 0 Å². The zero-order chi connectivity index (χ0) is 16.4. The van der Waals surface area contributed by atoms with Crippen LogP contribution in [0.5, 0.6) is 0 Å². The predicted octanol–water partition coefficient (Wildman–Crippen LogP) is 2.50. The van der Waals surface area contributed by atoms with E-state index in [1.54, 1.807) is 6.20 Å². The van der Waals surface area contributed by atoms with Crippen LogP contribution in [0.25, 0.3) is 16.5 Å². The fourth-order valence-electron chi connectivity index (χ4n) is 2.85. The Bertz CT molecular complexity index is 849. The average molecular weight is 309 g/mol. The molecule has 0 aliphatic heterocycles. The first-order valence-electron chi connectivity index (χ1n) is 7.54. The number of fused-ring (bicyclic) bond motifs is 1. The molecule has 1 heterocycles. The van der Waals surface area contributed by atoms with Crippen molar-refractivity contribution in [1.29, 1.82) is 0 Å². The van der Waals surface area contributed by atoms with Crippen LogP contribution in [-0.2, 0) is 4.79 Å². The van der Waals surface area contributed by atoms with Crippen molar-refractivity contribution in [3.63, 3.8) is 0 Å². The molecule has 0 aliphatic carbocycles. The molecule has 118 valence electrons. The van der Waals surface area contributed by atoms with Gasteiger partial charge in [0.2, 0.25) is 5.91 Å². The van der Waals surface area contributed by atoms with E-state index < -0.39 is 12.5 Å². The Morgan fingerprint density at radius 3 is 2.78 bits per heavy atom. The summed E-state index contributed by atoms with van der Waals surface area (Å²) in [6.45, 7) is 3.34. The molecule has 5 heteroatoms. The van der Waals surface area contributed by atoms with Crippen LogP contribution < -0.4 is 5.32 Å². The number of aromatic nitrogens is 2. The lowest BCUT2D eigenvalue weighted by Crippen LogP contribution is -2.29. The second-order valence-corrected chi connectivity index (χ2v) is 5.54. The monoisotopic (exact) mass is 309 g/mol. The topological polar surface area (TPSA) is 67.2 Å². The maximum atomic E-state index is 11.4. The van der Waals surface area contributed by atoms with Gasteiger partial charge in [-0.2, -0.15) is 5.10 Å². The van der Waals surface area contributed by atoms with Crippen LogP contribution in [-0.4, -0.2) is 27.4 Å². The Hall–Kier alpha value is -2.66. The van der Waals surface area contributed by atoms with Gasteiger partial charge in [-0.3, -0.25) is 4.79 Å². The Labute approximate surface area is 134 Å². The highest BCUT2D eigenvalue weighted by Gasteiger charge is 2.16. The van der Waals surface area contributed by atoms with Gasteiger partial charge in [-0.1, -0.05) is 36.4 Å². The summed E-state index contributed by atoms with van der Waals surface area (Å²) in [4.78, 5) is 11.4. The summed E-state index contributed by atoms with van der Waals surface area (Å²) in [5, 5.41) is 18.4. The number of benzene rings is 2. The molecule has 0 fully saturated rings. The van der Waals surface area contributed by atoms with Gasteiger partial charge in [-0.25, -0.2) is 4.68 Å². The fraction of sp³-hybridized carbons (Fsp3) is 0.222. The summed E-state index contributed by atoms with van der Waals surface area (Å²) in [5.41, 5.74) is 2.90. The molecule has 0 bridgehead atoms. The minimum Gasteiger partial charge on any atom is -0.387 e. The Morgan fingerprint density at radius 1 is 1.26 bits per heavy atom. The minimum atomic E-state index is -0.513. The molecule has 0 spiro atoms. The maximum absolute atomic E-state index is 11.4. The van der Waals surface area contributed by atoms with Crippen LogP contribution in [0.15, 0.2) is 48.7 Å². The first-order valence-corrected chi connectivity index (χ1v) is 7.54. The van der Waals surface area contributed by atoms with Gasteiger partial charge in [0.15, 0.2) is 0 Å². The SMILES string of the molecule is Cc1c([C@H](C)NC(=O)CO)cnn1-c1cccc2ccccc12. The lowest BCUT2D eigenvalue weighted by Gasteiger charge is -2.14. The predicted molar refractivity (Wildman–Crippen MR) is 89.5 cm³/mol. The van der Waals surface area contributed by atoms with Gasteiger partial charge in [0.25, 0.3) is 0 Å². The number of aliphatic hydroxyl groups is 1. The fourth-order valence-corrected chi connectivity index (χ4v) is 2.85. The molecule has 1 atom stereocenters. The molecule has 5 nitrogen and oxygen atoms in total. The van der Waals surface area contributed by atoms with Crippen molar-refractivity contribution in [2.24, 2.45) is 0 Å². The van der Waals surface area contributed by atoms with Crippen LogP contribution in [0, 0.1) is 6.92 Å². The summed E-state index contributed by atoms with van der Waals surface area (Å²) >= 11 is 0. The van der Waals surface area contributed by atoms with E-state index in [9.17, 15) is 4.79 Å². The first kappa shape index (κ1) is 15.2. The Balaban J connectivity index is 2.03. The standard InChI is InChI=1S/C18H19N3O2/c1-12(20-18(23)11-22)16-10-19-21(13(16)2)17-9-5-7-14-6-3-4-8-15(14)17/h3-10,12,22H,11H2,1-2H3,(H,20,23)/t12-/m0/s1. The van der Waals surface area contributed by atoms with Crippen molar-refractivity contribution < 1.29 is 9.90 Å². The van der Waals surface area contributed by atoms with E-state index in [1.807, 2.05) is 42.8 Å². The van der Waals surface area contributed by atoms with Crippen LogP contribution in [0.1, 0.15) is 24.2 Å². The molecule has 0 saturated heterocycles. The van der Waals surface area contributed by atoms with Crippen molar-refractivity contribution in [2.45, 2.75) is 19.9 Å². The van der Waals surface area contributed by atoms with E-state index in [-0.39, 0.29) is 6.04 Å². The number of nitrogens with zero attached hydrogens (tertiary/aromatic N) is 2. The summed E-state index contributed by atoms with van der Waals surface area (Å²) in [6, 6.07) is 14.1. The lowest BCUT2D eigenvalue weighted by molar-refractivity contribution is -0.124. The van der Waals surface area contributed by atoms with Crippen LogP contribution in [0.2, 0.25) is 0 Å². The Morgan fingerprint density at radius 2 is 2.00 bits per heavy atom. The quantitative estimate of drug-likeness (QED) is 0.778. The number of carbonyl (C=O) groups is 1. The number of hydrogen-bond acceptors (Lipinski definition) is 3. The molecule has 23 heavy (non-hydrogen) atoms. The normalized spacial score (nSPS) is 12.3. The molecule has 3 aromatic rings. The molecular weight excluding hydrogens is 290 g/mol. The highest BCUT2D eigenvalue weighted by Crippen LogP contribution is 2.25. The van der Waals surface area contributed by atoms with Gasteiger partial charge in [0.1, 0.15) is 6.61 Å². The average Bonchev–Trinajstić information content (AvgIpc) is 2.95. The van der Waals surface area contributed by atoms with E-state index in [1.165, 1.54) is 0 Å². The molecule has 0 radical (unpaired) electrons. The minimum absolute atomic E-state index is 0.210. The molecule has 1 amide bonds. The van der Waals surface area contributed by atoms with E-state index in [0.717, 1.165) is 27.7 Å². The molecule has 1 aromatic heterocycles. The summed E-state index contributed by atoms with van der Waals surface area (Å²) in [6.07, 6.45) is 1.76. The highest BCUT2D eigenvalue weighted by atomic mass is 16.3. The molecule has 2 aromatic carbocycles. The number of aliphatic hydroxyl groups excluding tert-OH is 1. The van der Waals surface area contributed by atoms with E-state index in [2.05, 4.69) is 28.6 Å². The van der Waals surface area contributed by atoms with Gasteiger partial charge in [-0.15, -0.1) is 0 Å². The van der Waals surface area contributed by atoms with Crippen molar-refractivity contribution in [3.8, 4) is 5.69 Å². The van der Waals surface area contributed by atoms with Crippen molar-refractivity contribution in [3.05, 3.63) is 59.9 Å². The van der Waals surface area contributed by atoms with Gasteiger partial charge >= 0.3 is 0 Å². The third kappa shape index (κ3) is 2.83. The van der Waals surface area contributed by atoms with Crippen LogP contribution in [0.3, 0.4) is 0 Å². The van der Waals surface area contributed by atoms with Crippen molar-refractivity contribution in [2.75, 3.05) is 6.61 Å². The van der Waals surface area contributed by atoms with E-state index in [0.29, 0.717) is 0 Å². The van der Waals surface area contributed by atoms with E-state index >= 15 is 0 Å². The van der Waals surface area contributed by atoms with Gasteiger partial charge < -0.3 is 10.4 Å². The molecule has 0 unspecified atom stereocenters. The maximum Gasteiger partial charge on any atom is 0.246 e. The zero-order valence-corrected chi connectivity index (χ0v) is 13.2. The lowest BCUT2D eigenvalue weighted by atomic mass is 10.1. The molecule has 2 N–H and O–H groups in total. The number of amides is 1. The van der Waals surface area contributed by atoms with Crippen LogP contribution >= 0.6 is 0 Å². The largest absolute Gasteiger partial charge is 0.387 e. The summed E-state index contributed by atoms with van der Waals surface area (Å²) in [5.74, 6) is -0.394. The highest BCUT2D eigenvalue weighted by molar-refractivity contribution is 5.90. The smallest absolute Gasteiger partial charge is 0.246 e. The number of rotatable bonds is 4. The number of hydrogen-bond donors (Lipinski definition) is 2. The molecular formula is C18H19N3O2. The van der Waals surface area contributed by atoms with Crippen molar-refractivity contribution in [1.82, 2.24) is 15.1 Å². The summed E-state index contributed by atoms with van der Waals surface area (Å²) in [7, 11) is 0. The third-order valence-electron chi connectivity index (χ3n) is 4.03. The summed E-state index contributed by atoms with van der Waals surface area (Å²) < 4.78 is 1.89. The van der Waals surface area contributed by atoms with Gasteiger partial charge in [0.05, 0.1) is 17.9 Å². The van der Waals surface area contributed by atoms with Crippen molar-refractivity contribution >= 4 is 16.7 Å². The first-order chi connectivity index (χ1) is 11.1. The number of carbonyl (C=O) groups excluding carboxylic acids is 1. The molecule has 0 saturated carbocycles. The zero-order valence-electron chi connectivity index (χ0n) is 13.2. The third-order valence-corrected chi connectivity index (χ3v) is 4.03.